The summed E-state index contributed by atoms with van der Waals surface area (Å²) in [7, 11) is -3.76. The van der Waals surface area contributed by atoms with E-state index >= 15 is 0 Å². The predicted octanol–water partition coefficient (Wildman–Crippen LogP) is 3.90. The first-order chi connectivity index (χ1) is 13.4. The van der Waals surface area contributed by atoms with E-state index in [2.05, 4.69) is 4.98 Å². The minimum Gasteiger partial charge on any atom is -0.264 e. The molecule has 2 aromatic heterocycles. The molecule has 2 aromatic carbocycles. The lowest BCUT2D eigenvalue weighted by Crippen LogP contribution is -2.12. The molecule has 0 atom stereocenters. The Morgan fingerprint density at radius 1 is 0.929 bits per heavy atom. The van der Waals surface area contributed by atoms with Gasteiger partial charge in [-0.25, -0.2) is 18.2 Å². The average molecular weight is 411 g/mol. The van der Waals surface area contributed by atoms with Gasteiger partial charge < -0.3 is 0 Å². The van der Waals surface area contributed by atoms with Crippen LogP contribution in [0.4, 0.5) is 0 Å². The molecular weight excluding hydrogens is 396 g/mol. The molecule has 8 heteroatoms. The highest BCUT2D eigenvalue weighted by atomic mass is 35.5. The molecule has 0 aliphatic rings. The van der Waals surface area contributed by atoms with Gasteiger partial charge in [0.1, 0.15) is 0 Å². The zero-order valence-corrected chi connectivity index (χ0v) is 16.1. The van der Waals surface area contributed by atoms with Crippen molar-refractivity contribution in [1.82, 2.24) is 14.8 Å². The van der Waals surface area contributed by atoms with Gasteiger partial charge in [0.05, 0.1) is 22.0 Å². The molecule has 4 aromatic rings. The number of pyridine rings is 1. The number of hydrogen-bond donors (Lipinski definition) is 1. The zero-order chi connectivity index (χ0) is 19.7. The van der Waals surface area contributed by atoms with Gasteiger partial charge in [-0.05, 0) is 54.6 Å². The van der Waals surface area contributed by atoms with Crippen LogP contribution in [0.5, 0.6) is 0 Å². The summed E-state index contributed by atoms with van der Waals surface area (Å²) in [5.41, 5.74) is 4.07. The molecule has 2 heterocycles. The molecule has 6 nitrogen and oxygen atoms in total. The lowest BCUT2D eigenvalue weighted by molar-refractivity contribution is 0.598. The standard InChI is InChI=1S/C20H15ClN4O2S/c21-16-5-3-14(4-6-16)19-12-20(15-2-1-11-23-13-15)25(24-19)17-7-9-18(10-8-17)28(22,26)27/h1-13H,(H2,22,26,27). The van der Waals surface area contributed by atoms with E-state index in [9.17, 15) is 8.42 Å². The molecular formula is C20H15ClN4O2S. The first kappa shape index (κ1) is 18.4. The fraction of sp³-hybridized carbons (Fsp3) is 0. The van der Waals surface area contributed by atoms with Gasteiger partial charge in [0.2, 0.25) is 10.0 Å². The van der Waals surface area contributed by atoms with E-state index in [1.54, 1.807) is 41.3 Å². The Balaban J connectivity index is 1.86. The summed E-state index contributed by atoms with van der Waals surface area (Å²) < 4.78 is 24.8. The summed E-state index contributed by atoms with van der Waals surface area (Å²) >= 11 is 5.99. The van der Waals surface area contributed by atoms with Crippen LogP contribution in [-0.4, -0.2) is 23.2 Å². The summed E-state index contributed by atoms with van der Waals surface area (Å²) in [6.45, 7) is 0. The molecule has 0 unspecified atom stereocenters. The Morgan fingerprint density at radius 2 is 1.64 bits per heavy atom. The summed E-state index contributed by atoms with van der Waals surface area (Å²) in [5, 5.41) is 10.6. The summed E-state index contributed by atoms with van der Waals surface area (Å²) in [6, 6.07) is 19.4. The molecule has 0 aliphatic carbocycles. The van der Waals surface area contributed by atoms with Crippen LogP contribution >= 0.6 is 11.6 Å². The number of benzene rings is 2. The van der Waals surface area contributed by atoms with Gasteiger partial charge in [-0.15, -0.1) is 0 Å². The summed E-state index contributed by atoms with van der Waals surface area (Å²) in [4.78, 5) is 4.23. The maximum atomic E-state index is 11.5. The quantitative estimate of drug-likeness (QED) is 0.552. The molecule has 0 aliphatic heterocycles. The maximum absolute atomic E-state index is 11.5. The third kappa shape index (κ3) is 3.68. The Morgan fingerprint density at radius 3 is 2.25 bits per heavy atom. The van der Waals surface area contributed by atoms with Crippen molar-refractivity contribution >= 4 is 21.6 Å². The molecule has 140 valence electrons. The highest BCUT2D eigenvalue weighted by Crippen LogP contribution is 2.29. The zero-order valence-electron chi connectivity index (χ0n) is 14.5. The average Bonchev–Trinajstić information content (AvgIpc) is 3.14. The van der Waals surface area contributed by atoms with Crippen LogP contribution in [0, 0.1) is 0 Å². The van der Waals surface area contributed by atoms with E-state index in [-0.39, 0.29) is 4.90 Å². The topological polar surface area (TPSA) is 90.9 Å². The van der Waals surface area contributed by atoms with Crippen molar-refractivity contribution in [2.45, 2.75) is 4.90 Å². The van der Waals surface area contributed by atoms with Gasteiger partial charge in [0.15, 0.2) is 0 Å². The Kier molecular flexibility index (Phi) is 4.72. The molecule has 0 saturated heterocycles. The first-order valence-electron chi connectivity index (χ1n) is 8.31. The minimum absolute atomic E-state index is 0.0456. The number of nitrogens with two attached hydrogens (primary N) is 1. The number of rotatable bonds is 4. The van der Waals surface area contributed by atoms with Crippen molar-refractivity contribution in [1.29, 1.82) is 0 Å². The number of halogens is 1. The SMILES string of the molecule is NS(=O)(=O)c1ccc(-n2nc(-c3ccc(Cl)cc3)cc2-c2cccnc2)cc1. The molecule has 2 N–H and O–H groups in total. The molecule has 4 rings (SSSR count). The van der Waals surface area contributed by atoms with Crippen LogP contribution in [0.15, 0.2) is 84.0 Å². The van der Waals surface area contributed by atoms with Crippen LogP contribution in [0.2, 0.25) is 5.02 Å². The Hall–Kier alpha value is -3.00. The highest BCUT2D eigenvalue weighted by molar-refractivity contribution is 7.89. The first-order valence-corrected chi connectivity index (χ1v) is 10.2. The van der Waals surface area contributed by atoms with E-state index in [0.717, 1.165) is 22.5 Å². The maximum Gasteiger partial charge on any atom is 0.238 e. The van der Waals surface area contributed by atoms with Gasteiger partial charge in [-0.2, -0.15) is 5.10 Å². The van der Waals surface area contributed by atoms with Crippen LogP contribution in [0.3, 0.4) is 0 Å². The highest BCUT2D eigenvalue weighted by Gasteiger charge is 2.14. The molecule has 0 saturated carbocycles. The van der Waals surface area contributed by atoms with Crippen molar-refractivity contribution in [3.63, 3.8) is 0 Å². The minimum atomic E-state index is -3.76. The lowest BCUT2D eigenvalue weighted by atomic mass is 10.1. The fourth-order valence-electron chi connectivity index (χ4n) is 2.84. The number of nitrogens with zero attached hydrogens (tertiary/aromatic N) is 3. The molecule has 0 fully saturated rings. The monoisotopic (exact) mass is 410 g/mol. The van der Waals surface area contributed by atoms with Crippen LogP contribution in [0.25, 0.3) is 28.2 Å². The summed E-state index contributed by atoms with van der Waals surface area (Å²) in [5.74, 6) is 0. The Bertz CT molecular complexity index is 1220. The van der Waals surface area contributed by atoms with Gasteiger partial charge in [-0.3, -0.25) is 4.98 Å². The number of hydrogen-bond acceptors (Lipinski definition) is 4. The summed E-state index contributed by atoms with van der Waals surface area (Å²) in [6.07, 6.45) is 3.45. The van der Waals surface area contributed by atoms with Crippen molar-refractivity contribution in [3.05, 3.63) is 84.1 Å². The van der Waals surface area contributed by atoms with Crippen LogP contribution in [-0.2, 0) is 10.0 Å². The van der Waals surface area contributed by atoms with Crippen molar-refractivity contribution in [2.75, 3.05) is 0 Å². The van der Waals surface area contributed by atoms with Crippen molar-refractivity contribution < 1.29 is 8.42 Å². The van der Waals surface area contributed by atoms with E-state index in [0.29, 0.717) is 10.7 Å². The Labute approximate surface area is 167 Å². The molecule has 0 radical (unpaired) electrons. The van der Waals surface area contributed by atoms with E-state index in [4.69, 9.17) is 21.8 Å². The molecule has 0 spiro atoms. The number of sulfonamides is 1. The second-order valence-corrected chi connectivity index (χ2v) is 8.11. The fourth-order valence-corrected chi connectivity index (χ4v) is 3.48. The molecule has 28 heavy (non-hydrogen) atoms. The number of aromatic nitrogens is 3. The van der Waals surface area contributed by atoms with E-state index in [1.807, 2.05) is 30.3 Å². The predicted molar refractivity (Wildman–Crippen MR) is 109 cm³/mol. The smallest absolute Gasteiger partial charge is 0.238 e. The third-order valence-corrected chi connectivity index (χ3v) is 5.40. The largest absolute Gasteiger partial charge is 0.264 e. The van der Waals surface area contributed by atoms with Crippen molar-refractivity contribution in [3.8, 4) is 28.2 Å². The van der Waals surface area contributed by atoms with Gasteiger partial charge in [0, 0.05) is 28.5 Å². The van der Waals surface area contributed by atoms with Gasteiger partial charge in [-0.1, -0.05) is 23.7 Å². The molecule has 0 amide bonds. The van der Waals surface area contributed by atoms with Crippen molar-refractivity contribution in [2.24, 2.45) is 5.14 Å². The second-order valence-electron chi connectivity index (χ2n) is 6.11. The lowest BCUT2D eigenvalue weighted by Gasteiger charge is -2.08. The van der Waals surface area contributed by atoms with Crippen LogP contribution in [0.1, 0.15) is 0 Å². The molecule has 0 bridgehead atoms. The van der Waals surface area contributed by atoms with Crippen LogP contribution < -0.4 is 5.14 Å². The van der Waals surface area contributed by atoms with E-state index < -0.39 is 10.0 Å². The van der Waals surface area contributed by atoms with E-state index in [1.165, 1.54) is 12.1 Å². The number of primary sulfonamides is 1. The third-order valence-electron chi connectivity index (χ3n) is 4.22. The normalized spacial score (nSPS) is 11.5. The second kappa shape index (κ2) is 7.20. The van der Waals surface area contributed by atoms with Gasteiger partial charge in [0.25, 0.3) is 0 Å². The van der Waals surface area contributed by atoms with Gasteiger partial charge >= 0.3 is 0 Å².